The number of ether oxygens (including phenoxy) is 1. The summed E-state index contributed by atoms with van der Waals surface area (Å²) in [5.74, 6) is -0.480. The second-order valence-electron chi connectivity index (χ2n) is 6.98. The smallest absolute Gasteiger partial charge is 0.244 e. The molecule has 0 heterocycles. The van der Waals surface area contributed by atoms with Gasteiger partial charge < -0.3 is 15.0 Å². The van der Waals surface area contributed by atoms with Crippen LogP contribution in [-0.4, -0.2) is 58.1 Å². The number of nitrogens with zero attached hydrogens (tertiary/aromatic N) is 2. The Labute approximate surface area is 198 Å². The molecule has 0 aromatic heterocycles. The summed E-state index contributed by atoms with van der Waals surface area (Å²) in [6.45, 7) is 0.945. The third-order valence-corrected chi connectivity index (χ3v) is 6.69. The molecule has 2 aromatic carbocycles. The number of amides is 2. The summed E-state index contributed by atoms with van der Waals surface area (Å²) in [5, 5.41) is 3.15. The monoisotopic (exact) mass is 501 g/mol. The van der Waals surface area contributed by atoms with E-state index >= 15 is 0 Å². The van der Waals surface area contributed by atoms with Crippen LogP contribution in [0, 0.1) is 0 Å². The molecule has 0 aliphatic rings. The van der Waals surface area contributed by atoms with Crippen molar-refractivity contribution in [2.24, 2.45) is 0 Å². The van der Waals surface area contributed by atoms with E-state index in [1.807, 2.05) is 0 Å². The lowest BCUT2D eigenvalue weighted by molar-refractivity contribution is -0.139. The van der Waals surface area contributed by atoms with Gasteiger partial charge in [-0.05, 0) is 43.3 Å². The van der Waals surface area contributed by atoms with Gasteiger partial charge in [-0.15, -0.1) is 0 Å². The summed E-state index contributed by atoms with van der Waals surface area (Å²) >= 11 is 12.5. The molecule has 0 aliphatic heterocycles. The van der Waals surface area contributed by atoms with Crippen LogP contribution in [-0.2, 0) is 26.2 Å². The van der Waals surface area contributed by atoms with Gasteiger partial charge in [0.2, 0.25) is 21.8 Å². The Morgan fingerprint density at radius 1 is 1.09 bits per heavy atom. The molecule has 8 nitrogen and oxygen atoms in total. The Kier molecular flexibility index (Phi) is 8.77. The highest BCUT2D eigenvalue weighted by Crippen LogP contribution is 2.27. The minimum Gasteiger partial charge on any atom is -0.497 e. The fraction of sp³-hybridized carbons (Fsp3) is 0.333. The van der Waals surface area contributed by atoms with Crippen LogP contribution in [0.1, 0.15) is 12.5 Å². The van der Waals surface area contributed by atoms with Crippen molar-refractivity contribution in [2.75, 3.05) is 31.3 Å². The minimum absolute atomic E-state index is 0.0772. The second kappa shape index (κ2) is 10.9. The molecule has 0 radical (unpaired) electrons. The standard InChI is InChI=1S/C21H25Cl2N3O5S/c1-14(21(28)24-2)25(12-17-18(22)6-5-7-19(17)23)20(27)13-26(32(4,29)30)15-8-10-16(31-3)11-9-15/h5-11,14H,12-13H2,1-4H3,(H,24,28)/t14-/m0/s1. The van der Waals surface area contributed by atoms with Crippen molar-refractivity contribution in [1.29, 1.82) is 0 Å². The highest BCUT2D eigenvalue weighted by molar-refractivity contribution is 7.92. The van der Waals surface area contributed by atoms with Gasteiger partial charge in [0.15, 0.2) is 0 Å². The number of anilines is 1. The van der Waals surface area contributed by atoms with Gasteiger partial charge >= 0.3 is 0 Å². The molecule has 11 heteroatoms. The molecule has 1 N–H and O–H groups in total. The maximum Gasteiger partial charge on any atom is 0.244 e. The van der Waals surface area contributed by atoms with Gasteiger partial charge in [-0.2, -0.15) is 0 Å². The number of carbonyl (C=O) groups is 2. The minimum atomic E-state index is -3.81. The normalized spacial score (nSPS) is 12.1. The molecule has 0 saturated carbocycles. The van der Waals surface area contributed by atoms with E-state index in [4.69, 9.17) is 27.9 Å². The Morgan fingerprint density at radius 2 is 1.66 bits per heavy atom. The van der Waals surface area contributed by atoms with E-state index in [0.717, 1.165) is 10.6 Å². The fourth-order valence-electron chi connectivity index (χ4n) is 3.01. The van der Waals surface area contributed by atoms with Crippen LogP contribution in [0.4, 0.5) is 5.69 Å². The Balaban J connectivity index is 2.42. The van der Waals surface area contributed by atoms with E-state index in [2.05, 4.69) is 5.32 Å². The van der Waals surface area contributed by atoms with Crippen molar-refractivity contribution in [3.05, 3.63) is 58.1 Å². The van der Waals surface area contributed by atoms with Gasteiger partial charge in [0.05, 0.1) is 19.1 Å². The first-order valence-electron chi connectivity index (χ1n) is 9.55. The van der Waals surface area contributed by atoms with Crippen molar-refractivity contribution >= 4 is 50.7 Å². The van der Waals surface area contributed by atoms with Crippen LogP contribution >= 0.6 is 23.2 Å². The van der Waals surface area contributed by atoms with E-state index in [1.165, 1.54) is 31.2 Å². The first-order valence-corrected chi connectivity index (χ1v) is 12.2. The van der Waals surface area contributed by atoms with Gasteiger partial charge in [0.1, 0.15) is 18.3 Å². The van der Waals surface area contributed by atoms with Crippen LogP contribution in [0.5, 0.6) is 5.75 Å². The number of methoxy groups -OCH3 is 1. The maximum absolute atomic E-state index is 13.3. The lowest BCUT2D eigenvalue weighted by Gasteiger charge is -2.31. The van der Waals surface area contributed by atoms with Gasteiger partial charge in [-0.3, -0.25) is 13.9 Å². The maximum atomic E-state index is 13.3. The van der Waals surface area contributed by atoms with Gasteiger partial charge in [-0.1, -0.05) is 29.3 Å². The van der Waals surface area contributed by atoms with E-state index in [0.29, 0.717) is 21.4 Å². The molecule has 0 bridgehead atoms. The molecule has 174 valence electrons. The van der Waals surface area contributed by atoms with Crippen LogP contribution in [0.25, 0.3) is 0 Å². The third-order valence-electron chi connectivity index (χ3n) is 4.84. The number of likely N-dealkylation sites (N-methyl/N-ethyl adjacent to an activating group) is 1. The average Bonchev–Trinajstić information content (AvgIpc) is 2.75. The van der Waals surface area contributed by atoms with E-state index in [9.17, 15) is 18.0 Å². The zero-order valence-electron chi connectivity index (χ0n) is 18.1. The summed E-state index contributed by atoms with van der Waals surface area (Å²) in [6, 6.07) is 10.2. The van der Waals surface area contributed by atoms with Crippen molar-refractivity contribution in [3.8, 4) is 5.75 Å². The summed E-state index contributed by atoms with van der Waals surface area (Å²) in [5.41, 5.74) is 0.736. The van der Waals surface area contributed by atoms with Crippen LogP contribution in [0.15, 0.2) is 42.5 Å². The van der Waals surface area contributed by atoms with Crippen molar-refractivity contribution in [2.45, 2.75) is 19.5 Å². The average molecular weight is 502 g/mol. The first kappa shape index (κ1) is 25.8. The van der Waals surface area contributed by atoms with Gasteiger partial charge in [0.25, 0.3) is 0 Å². The molecule has 0 spiro atoms. The zero-order valence-corrected chi connectivity index (χ0v) is 20.5. The number of rotatable bonds is 9. The van der Waals surface area contributed by atoms with Crippen molar-refractivity contribution in [1.82, 2.24) is 10.2 Å². The molecule has 1 atom stereocenters. The quantitative estimate of drug-likeness (QED) is 0.569. The fourth-order valence-corrected chi connectivity index (χ4v) is 4.37. The second-order valence-corrected chi connectivity index (χ2v) is 9.70. The summed E-state index contributed by atoms with van der Waals surface area (Å²) in [4.78, 5) is 26.9. The van der Waals surface area contributed by atoms with E-state index < -0.39 is 34.4 Å². The summed E-state index contributed by atoms with van der Waals surface area (Å²) < 4.78 is 31.0. The zero-order chi connectivity index (χ0) is 24.1. The first-order chi connectivity index (χ1) is 15.0. The largest absolute Gasteiger partial charge is 0.497 e. The van der Waals surface area contributed by atoms with E-state index in [-0.39, 0.29) is 12.2 Å². The number of benzene rings is 2. The number of nitrogens with one attached hydrogen (secondary N) is 1. The molecule has 0 fully saturated rings. The van der Waals surface area contributed by atoms with Gasteiger partial charge in [0, 0.05) is 29.2 Å². The van der Waals surface area contributed by atoms with E-state index in [1.54, 1.807) is 37.3 Å². The van der Waals surface area contributed by atoms with Crippen LogP contribution in [0.3, 0.4) is 0 Å². The Morgan fingerprint density at radius 3 is 2.12 bits per heavy atom. The number of halogens is 2. The topological polar surface area (TPSA) is 96.0 Å². The highest BCUT2D eigenvalue weighted by atomic mass is 35.5. The highest BCUT2D eigenvalue weighted by Gasteiger charge is 2.30. The molecule has 0 unspecified atom stereocenters. The molecule has 0 saturated heterocycles. The molecule has 32 heavy (non-hydrogen) atoms. The molecular formula is C21H25Cl2N3O5S. The van der Waals surface area contributed by atoms with Crippen molar-refractivity contribution < 1.29 is 22.7 Å². The predicted molar refractivity (Wildman–Crippen MR) is 126 cm³/mol. The Hall–Kier alpha value is -2.49. The van der Waals surface area contributed by atoms with Crippen molar-refractivity contribution in [3.63, 3.8) is 0 Å². The van der Waals surface area contributed by atoms with Crippen LogP contribution in [0.2, 0.25) is 10.0 Å². The number of sulfonamides is 1. The molecule has 2 rings (SSSR count). The molecule has 2 aromatic rings. The predicted octanol–water partition coefficient (Wildman–Crippen LogP) is 2.93. The number of carbonyl (C=O) groups excluding carboxylic acids is 2. The number of hydrogen-bond donors (Lipinski definition) is 1. The van der Waals surface area contributed by atoms with Gasteiger partial charge in [-0.25, -0.2) is 8.42 Å². The Bertz CT molecular complexity index is 1060. The summed E-state index contributed by atoms with van der Waals surface area (Å²) in [7, 11) is -0.875. The molecular weight excluding hydrogens is 477 g/mol. The number of hydrogen-bond acceptors (Lipinski definition) is 5. The SMILES string of the molecule is CNC(=O)[C@H](C)N(Cc1c(Cl)cccc1Cl)C(=O)CN(c1ccc(OC)cc1)S(C)(=O)=O. The van der Waals surface area contributed by atoms with Crippen LogP contribution < -0.4 is 14.4 Å². The summed E-state index contributed by atoms with van der Waals surface area (Å²) in [6.07, 6.45) is 1.00. The lowest BCUT2D eigenvalue weighted by Crippen LogP contribution is -2.50. The molecule has 2 amide bonds. The lowest BCUT2D eigenvalue weighted by atomic mass is 10.1. The molecule has 0 aliphatic carbocycles. The third kappa shape index (κ3) is 6.27.